The first-order valence-corrected chi connectivity index (χ1v) is 15.0. The lowest BCUT2D eigenvalue weighted by molar-refractivity contribution is -0.137. The Kier molecular flexibility index (Phi) is 10.2. The van der Waals surface area contributed by atoms with Crippen molar-refractivity contribution in [1.82, 2.24) is 34.7 Å². The van der Waals surface area contributed by atoms with Gasteiger partial charge >= 0.3 is 12.3 Å². The number of methoxy groups -OCH3 is 1. The summed E-state index contributed by atoms with van der Waals surface area (Å²) in [6, 6.07) is 2.54. The summed E-state index contributed by atoms with van der Waals surface area (Å²) in [7, 11) is 1.09. The van der Waals surface area contributed by atoms with Gasteiger partial charge in [0.2, 0.25) is 11.8 Å². The summed E-state index contributed by atoms with van der Waals surface area (Å²) < 4.78 is 54.5. The number of nitrogens with one attached hydrogen (secondary N) is 2. The minimum atomic E-state index is -4.81. The summed E-state index contributed by atoms with van der Waals surface area (Å²) in [5.41, 5.74) is 0.0628. The van der Waals surface area contributed by atoms with Crippen molar-refractivity contribution in [3.05, 3.63) is 47.8 Å². The number of anilines is 2. The number of hydrogen-bond acceptors (Lipinski definition) is 10. The zero-order chi connectivity index (χ0) is 33.7. The van der Waals surface area contributed by atoms with E-state index in [0.29, 0.717) is 63.8 Å². The summed E-state index contributed by atoms with van der Waals surface area (Å²) in [6.07, 6.45) is -0.0594. The number of hydrogen-bond donors (Lipinski definition) is 2. The minimum Gasteiger partial charge on any atom is -0.453 e. The van der Waals surface area contributed by atoms with Gasteiger partial charge in [0, 0.05) is 51.7 Å². The molecule has 17 heteroatoms. The van der Waals surface area contributed by atoms with Crippen LogP contribution in [0.5, 0.6) is 0 Å². The number of carbonyl (C=O) groups excluding carboxylic acids is 3. The van der Waals surface area contributed by atoms with E-state index in [1.165, 1.54) is 10.6 Å². The van der Waals surface area contributed by atoms with E-state index in [0.717, 1.165) is 24.9 Å². The number of pyridine rings is 1. The molecule has 1 atom stereocenters. The van der Waals surface area contributed by atoms with Crippen molar-refractivity contribution >= 4 is 35.1 Å². The summed E-state index contributed by atoms with van der Waals surface area (Å²) in [5, 5.41) is 9.23. The maximum absolute atomic E-state index is 14.3. The largest absolute Gasteiger partial charge is 0.453 e. The first-order chi connectivity index (χ1) is 22.5. The third-order valence-electron chi connectivity index (χ3n) is 7.87. The lowest BCUT2D eigenvalue weighted by Crippen LogP contribution is -2.50. The monoisotopic (exact) mass is 659 g/mol. The fraction of sp³-hybridized carbons (Fsp3) is 0.467. The molecule has 0 unspecified atom stereocenters. The van der Waals surface area contributed by atoms with Crippen molar-refractivity contribution in [2.24, 2.45) is 0 Å². The highest BCUT2D eigenvalue weighted by atomic mass is 19.4. The van der Waals surface area contributed by atoms with Crippen LogP contribution in [0.15, 0.2) is 36.7 Å². The lowest BCUT2D eigenvalue weighted by atomic mass is 10.1. The van der Waals surface area contributed by atoms with Crippen LogP contribution in [0.25, 0.3) is 16.9 Å². The van der Waals surface area contributed by atoms with Gasteiger partial charge in [0.25, 0.3) is 0 Å². The van der Waals surface area contributed by atoms with Gasteiger partial charge in [-0.15, -0.1) is 5.10 Å². The Labute approximate surface area is 268 Å². The molecular formula is C30H36F3N9O5. The SMILES string of the molecule is C/C=C/C(=O)NCC(=O)N1CCN(Cc2cc3c(N4CCOC[C@@H]4C)nc(-c4cnc(NC(=O)OC)cc4C(F)(F)F)nn3c2)CC1. The van der Waals surface area contributed by atoms with Crippen LogP contribution in [-0.2, 0) is 31.8 Å². The number of piperazine rings is 1. The zero-order valence-corrected chi connectivity index (χ0v) is 26.2. The molecule has 2 aliphatic rings. The number of ether oxygens (including phenoxy) is 2. The Morgan fingerprint density at radius 2 is 1.91 bits per heavy atom. The van der Waals surface area contributed by atoms with Gasteiger partial charge < -0.3 is 24.6 Å². The second kappa shape index (κ2) is 14.3. The van der Waals surface area contributed by atoms with Crippen molar-refractivity contribution in [3.63, 3.8) is 0 Å². The van der Waals surface area contributed by atoms with Gasteiger partial charge in [0.15, 0.2) is 11.6 Å². The van der Waals surface area contributed by atoms with Gasteiger partial charge in [0.05, 0.1) is 44.0 Å². The van der Waals surface area contributed by atoms with Crippen molar-refractivity contribution in [2.45, 2.75) is 32.6 Å². The lowest BCUT2D eigenvalue weighted by Gasteiger charge is -2.34. The molecule has 3 aromatic heterocycles. The number of alkyl halides is 3. The van der Waals surface area contributed by atoms with Crippen molar-refractivity contribution < 1.29 is 37.0 Å². The molecule has 2 N–H and O–H groups in total. The average Bonchev–Trinajstić information content (AvgIpc) is 3.46. The van der Waals surface area contributed by atoms with Crippen LogP contribution < -0.4 is 15.5 Å². The van der Waals surface area contributed by atoms with Crippen LogP contribution in [0.1, 0.15) is 25.0 Å². The van der Waals surface area contributed by atoms with E-state index in [-0.39, 0.29) is 41.6 Å². The Balaban J connectivity index is 1.42. The molecule has 3 aromatic rings. The average molecular weight is 660 g/mol. The Bertz CT molecular complexity index is 1650. The summed E-state index contributed by atoms with van der Waals surface area (Å²) in [6.45, 7) is 7.59. The molecule has 2 saturated heterocycles. The number of allylic oxidation sites excluding steroid dienone is 1. The molecule has 5 rings (SSSR count). The molecule has 2 aliphatic heterocycles. The number of halogens is 3. The number of nitrogens with zero attached hydrogens (tertiary/aromatic N) is 7. The molecule has 5 heterocycles. The molecule has 0 bridgehead atoms. The number of aromatic nitrogens is 4. The van der Waals surface area contributed by atoms with Gasteiger partial charge in [-0.2, -0.15) is 13.2 Å². The molecule has 252 valence electrons. The Morgan fingerprint density at radius 3 is 2.60 bits per heavy atom. The predicted octanol–water partition coefficient (Wildman–Crippen LogP) is 2.55. The number of morpholine rings is 1. The molecule has 47 heavy (non-hydrogen) atoms. The molecule has 0 aromatic carbocycles. The first-order valence-electron chi connectivity index (χ1n) is 15.0. The number of rotatable bonds is 8. The fourth-order valence-electron chi connectivity index (χ4n) is 5.48. The third kappa shape index (κ3) is 7.97. The van der Waals surface area contributed by atoms with Crippen molar-refractivity contribution in [2.75, 3.05) is 69.8 Å². The first kappa shape index (κ1) is 33.6. The fourth-order valence-corrected chi connectivity index (χ4v) is 5.48. The van der Waals surface area contributed by atoms with E-state index in [1.807, 2.05) is 17.9 Å². The number of carbonyl (C=O) groups is 3. The molecule has 0 aliphatic carbocycles. The van der Waals surface area contributed by atoms with E-state index in [4.69, 9.17) is 4.74 Å². The van der Waals surface area contributed by atoms with Gasteiger partial charge in [-0.3, -0.25) is 19.8 Å². The third-order valence-corrected chi connectivity index (χ3v) is 7.87. The second-order valence-corrected chi connectivity index (χ2v) is 11.2. The van der Waals surface area contributed by atoms with E-state index >= 15 is 0 Å². The van der Waals surface area contributed by atoms with Gasteiger partial charge in [-0.05, 0) is 37.6 Å². The number of fused-ring (bicyclic) bond motifs is 1. The topological polar surface area (TPSA) is 147 Å². The van der Waals surface area contributed by atoms with Crippen LogP contribution >= 0.6 is 0 Å². The predicted molar refractivity (Wildman–Crippen MR) is 165 cm³/mol. The highest BCUT2D eigenvalue weighted by Crippen LogP contribution is 2.38. The Morgan fingerprint density at radius 1 is 1.15 bits per heavy atom. The van der Waals surface area contributed by atoms with Crippen LogP contribution in [0, 0.1) is 0 Å². The van der Waals surface area contributed by atoms with Gasteiger partial charge in [0.1, 0.15) is 11.3 Å². The highest BCUT2D eigenvalue weighted by Gasteiger charge is 2.36. The zero-order valence-electron chi connectivity index (χ0n) is 26.2. The summed E-state index contributed by atoms with van der Waals surface area (Å²) in [5.74, 6) is -0.551. The molecule has 14 nitrogen and oxygen atoms in total. The molecule has 2 fully saturated rings. The molecule has 0 spiro atoms. The van der Waals surface area contributed by atoms with Crippen molar-refractivity contribution in [3.8, 4) is 11.4 Å². The maximum atomic E-state index is 14.3. The van der Waals surface area contributed by atoms with Crippen LogP contribution in [0.3, 0.4) is 0 Å². The maximum Gasteiger partial charge on any atom is 0.417 e. The molecule has 0 saturated carbocycles. The van der Waals surface area contributed by atoms with Crippen LogP contribution in [0.2, 0.25) is 0 Å². The van der Waals surface area contributed by atoms with E-state index < -0.39 is 17.8 Å². The van der Waals surface area contributed by atoms with Crippen LogP contribution in [-0.4, -0.2) is 113 Å². The van der Waals surface area contributed by atoms with Gasteiger partial charge in [-0.1, -0.05) is 6.08 Å². The summed E-state index contributed by atoms with van der Waals surface area (Å²) in [4.78, 5) is 50.3. The molecule has 3 amide bonds. The Hall–Kier alpha value is -4.77. The highest BCUT2D eigenvalue weighted by molar-refractivity contribution is 5.91. The van der Waals surface area contributed by atoms with E-state index in [9.17, 15) is 27.6 Å². The normalized spacial score (nSPS) is 17.7. The smallest absolute Gasteiger partial charge is 0.417 e. The quantitative estimate of drug-likeness (QED) is 0.346. The minimum absolute atomic E-state index is 0.0755. The van der Waals surface area contributed by atoms with Gasteiger partial charge in [-0.25, -0.2) is 19.3 Å². The van der Waals surface area contributed by atoms with E-state index in [2.05, 4.69) is 35.3 Å². The van der Waals surface area contributed by atoms with Crippen molar-refractivity contribution in [1.29, 1.82) is 0 Å². The second-order valence-electron chi connectivity index (χ2n) is 11.2. The molecule has 0 radical (unpaired) electrons. The van der Waals surface area contributed by atoms with E-state index in [1.54, 1.807) is 24.1 Å². The summed E-state index contributed by atoms with van der Waals surface area (Å²) >= 11 is 0. The standard InChI is InChI=1S/C30H36F3N9O5/c1-4-5-25(43)35-15-26(44)40-8-6-39(7-9-40)16-20-12-23-28(41-10-11-47-18-19(41)2)37-27(38-42(23)17-20)21-14-34-24(36-29(45)46-3)13-22(21)30(31,32)33/h4-5,12-14,17,19H,6-11,15-16,18H2,1-3H3,(H,35,43)(H,34,36,45)/b5-4+/t19-/m0/s1. The molecular weight excluding hydrogens is 623 g/mol. The van der Waals surface area contributed by atoms with Crippen LogP contribution in [0.4, 0.5) is 29.6 Å². The number of amides is 3.